The first-order valence-electron chi connectivity index (χ1n) is 8.81. The number of rotatable bonds is 5. The van der Waals surface area contributed by atoms with E-state index in [2.05, 4.69) is 26.2 Å². The van der Waals surface area contributed by atoms with Gasteiger partial charge in [-0.05, 0) is 36.6 Å². The molecule has 5 nitrogen and oxygen atoms in total. The summed E-state index contributed by atoms with van der Waals surface area (Å²) in [5.74, 6) is 0.0677. The normalized spacial score (nSPS) is 15.9. The number of para-hydroxylation sites is 1. The van der Waals surface area contributed by atoms with E-state index in [1.54, 1.807) is 6.20 Å². The van der Waals surface area contributed by atoms with Gasteiger partial charge in [-0.2, -0.15) is 0 Å². The highest BCUT2D eigenvalue weighted by atomic mass is 16.2. The summed E-state index contributed by atoms with van der Waals surface area (Å²) < 4.78 is 0. The molecule has 0 spiro atoms. The van der Waals surface area contributed by atoms with Crippen molar-refractivity contribution >= 4 is 11.6 Å². The molecule has 132 valence electrons. The van der Waals surface area contributed by atoms with Crippen molar-refractivity contribution in [2.75, 3.05) is 38.0 Å². The summed E-state index contributed by atoms with van der Waals surface area (Å²) in [7, 11) is 0. The molecule has 1 saturated heterocycles. The van der Waals surface area contributed by atoms with Gasteiger partial charge in [0.15, 0.2) is 0 Å². The molecule has 1 aliphatic heterocycles. The van der Waals surface area contributed by atoms with Crippen LogP contribution in [0.15, 0.2) is 42.7 Å². The average Bonchev–Trinajstić information content (AvgIpc) is 2.61. The molecule has 0 aliphatic carbocycles. The number of amides is 1. The fourth-order valence-electron chi connectivity index (χ4n) is 3.25. The Bertz CT molecular complexity index is 689. The second-order valence-corrected chi connectivity index (χ2v) is 6.73. The topological polar surface area (TPSA) is 48.5 Å². The number of pyridine rings is 1. The lowest BCUT2D eigenvalue weighted by Gasteiger charge is -2.34. The van der Waals surface area contributed by atoms with Crippen LogP contribution in [0.4, 0.5) is 5.69 Å². The van der Waals surface area contributed by atoms with Crippen LogP contribution in [0.1, 0.15) is 16.7 Å². The van der Waals surface area contributed by atoms with Crippen LogP contribution in [0, 0.1) is 13.8 Å². The number of anilines is 1. The third-order valence-corrected chi connectivity index (χ3v) is 4.71. The van der Waals surface area contributed by atoms with Gasteiger partial charge in [-0.1, -0.05) is 24.3 Å². The van der Waals surface area contributed by atoms with Gasteiger partial charge in [0.25, 0.3) is 0 Å². The SMILES string of the molecule is Cc1cccc(C)c1NC(=O)CN1CCN(Cc2cccnc2)CC1. The van der Waals surface area contributed by atoms with Crippen LogP contribution in [0.5, 0.6) is 0 Å². The minimum absolute atomic E-state index is 0.0677. The number of carbonyl (C=O) groups is 1. The van der Waals surface area contributed by atoms with E-state index >= 15 is 0 Å². The van der Waals surface area contributed by atoms with Crippen molar-refractivity contribution < 1.29 is 4.79 Å². The van der Waals surface area contributed by atoms with Crippen LogP contribution < -0.4 is 5.32 Å². The van der Waals surface area contributed by atoms with Crippen molar-refractivity contribution in [3.05, 3.63) is 59.4 Å². The molecule has 25 heavy (non-hydrogen) atoms. The van der Waals surface area contributed by atoms with E-state index < -0.39 is 0 Å². The first kappa shape index (κ1) is 17.6. The smallest absolute Gasteiger partial charge is 0.238 e. The van der Waals surface area contributed by atoms with Crippen LogP contribution in [0.25, 0.3) is 0 Å². The number of benzene rings is 1. The van der Waals surface area contributed by atoms with Crippen LogP contribution in [-0.2, 0) is 11.3 Å². The Labute approximate surface area is 149 Å². The zero-order valence-corrected chi connectivity index (χ0v) is 15.0. The monoisotopic (exact) mass is 338 g/mol. The predicted octanol–water partition coefficient (Wildman–Crippen LogP) is 2.45. The van der Waals surface area contributed by atoms with Gasteiger partial charge in [0, 0.05) is 50.8 Å². The van der Waals surface area contributed by atoms with Gasteiger partial charge in [0.05, 0.1) is 6.54 Å². The summed E-state index contributed by atoms with van der Waals surface area (Å²) in [5, 5.41) is 3.07. The summed E-state index contributed by atoms with van der Waals surface area (Å²) in [6.07, 6.45) is 3.72. The molecule has 1 N–H and O–H groups in total. The molecule has 1 amide bonds. The van der Waals surface area contributed by atoms with E-state index in [-0.39, 0.29) is 5.91 Å². The fourth-order valence-corrected chi connectivity index (χ4v) is 3.25. The lowest BCUT2D eigenvalue weighted by molar-refractivity contribution is -0.117. The highest BCUT2D eigenvalue weighted by molar-refractivity contribution is 5.93. The van der Waals surface area contributed by atoms with Crippen LogP contribution in [0.2, 0.25) is 0 Å². The molecule has 0 radical (unpaired) electrons. The molecular formula is C20H26N4O. The van der Waals surface area contributed by atoms with Gasteiger partial charge in [-0.3, -0.25) is 19.6 Å². The number of aryl methyl sites for hydroxylation is 2. The Hall–Kier alpha value is -2.24. The lowest BCUT2D eigenvalue weighted by Crippen LogP contribution is -2.48. The van der Waals surface area contributed by atoms with Crippen molar-refractivity contribution in [1.82, 2.24) is 14.8 Å². The average molecular weight is 338 g/mol. The maximum Gasteiger partial charge on any atom is 0.238 e. The summed E-state index contributed by atoms with van der Waals surface area (Å²) in [5.41, 5.74) is 4.40. The minimum atomic E-state index is 0.0677. The number of carbonyl (C=O) groups excluding carboxylic acids is 1. The van der Waals surface area contributed by atoms with E-state index in [0.29, 0.717) is 6.54 Å². The van der Waals surface area contributed by atoms with Crippen LogP contribution in [0.3, 0.4) is 0 Å². The zero-order chi connectivity index (χ0) is 17.6. The molecule has 2 heterocycles. The predicted molar refractivity (Wildman–Crippen MR) is 100 cm³/mol. The van der Waals surface area contributed by atoms with Gasteiger partial charge in [0.2, 0.25) is 5.91 Å². The molecule has 0 unspecified atom stereocenters. The Morgan fingerprint density at radius 1 is 1.04 bits per heavy atom. The highest BCUT2D eigenvalue weighted by Gasteiger charge is 2.19. The number of hydrogen-bond donors (Lipinski definition) is 1. The third kappa shape index (κ3) is 4.87. The van der Waals surface area contributed by atoms with E-state index in [9.17, 15) is 4.79 Å². The quantitative estimate of drug-likeness (QED) is 0.910. The highest BCUT2D eigenvalue weighted by Crippen LogP contribution is 2.19. The molecule has 2 aromatic rings. The Kier molecular flexibility index (Phi) is 5.79. The largest absolute Gasteiger partial charge is 0.324 e. The first-order chi connectivity index (χ1) is 12.1. The Balaban J connectivity index is 1.46. The van der Waals surface area contributed by atoms with Crippen molar-refractivity contribution in [2.45, 2.75) is 20.4 Å². The van der Waals surface area contributed by atoms with E-state index in [4.69, 9.17) is 0 Å². The second-order valence-electron chi connectivity index (χ2n) is 6.73. The van der Waals surface area contributed by atoms with Crippen LogP contribution >= 0.6 is 0 Å². The summed E-state index contributed by atoms with van der Waals surface area (Å²) in [4.78, 5) is 21.2. The zero-order valence-electron chi connectivity index (χ0n) is 15.0. The summed E-state index contributed by atoms with van der Waals surface area (Å²) >= 11 is 0. The van der Waals surface area contributed by atoms with Crippen LogP contribution in [-0.4, -0.2) is 53.4 Å². The molecule has 1 aromatic carbocycles. The molecule has 3 rings (SSSR count). The van der Waals surface area contributed by atoms with Crippen molar-refractivity contribution in [3.8, 4) is 0 Å². The first-order valence-corrected chi connectivity index (χ1v) is 8.81. The van der Waals surface area contributed by atoms with Gasteiger partial charge >= 0.3 is 0 Å². The van der Waals surface area contributed by atoms with Crippen molar-refractivity contribution in [2.24, 2.45) is 0 Å². The van der Waals surface area contributed by atoms with Gasteiger partial charge < -0.3 is 5.32 Å². The number of aromatic nitrogens is 1. The van der Waals surface area contributed by atoms with Crippen molar-refractivity contribution in [3.63, 3.8) is 0 Å². The minimum Gasteiger partial charge on any atom is -0.324 e. The number of hydrogen-bond acceptors (Lipinski definition) is 4. The van der Waals surface area contributed by atoms with Gasteiger partial charge in [-0.25, -0.2) is 0 Å². The molecule has 0 bridgehead atoms. The molecule has 0 atom stereocenters. The number of piperazine rings is 1. The third-order valence-electron chi connectivity index (χ3n) is 4.71. The standard InChI is InChI=1S/C20H26N4O/c1-16-5-3-6-17(2)20(16)22-19(25)15-24-11-9-23(10-12-24)14-18-7-4-8-21-13-18/h3-8,13H,9-12,14-15H2,1-2H3,(H,22,25). The lowest BCUT2D eigenvalue weighted by atomic mass is 10.1. The molecule has 1 fully saturated rings. The molecular weight excluding hydrogens is 312 g/mol. The number of nitrogens with one attached hydrogen (secondary N) is 1. The Morgan fingerprint density at radius 2 is 1.72 bits per heavy atom. The molecule has 5 heteroatoms. The van der Waals surface area contributed by atoms with E-state index in [1.807, 2.05) is 44.3 Å². The molecule has 0 saturated carbocycles. The maximum absolute atomic E-state index is 12.4. The Morgan fingerprint density at radius 3 is 2.36 bits per heavy atom. The summed E-state index contributed by atoms with van der Waals surface area (Å²) in [6, 6.07) is 10.2. The molecule has 1 aromatic heterocycles. The number of nitrogens with zero attached hydrogens (tertiary/aromatic N) is 3. The summed E-state index contributed by atoms with van der Waals surface area (Å²) in [6.45, 7) is 9.22. The van der Waals surface area contributed by atoms with Crippen molar-refractivity contribution in [1.29, 1.82) is 0 Å². The van der Waals surface area contributed by atoms with Gasteiger partial charge in [0.1, 0.15) is 0 Å². The maximum atomic E-state index is 12.4. The molecule has 1 aliphatic rings. The fraction of sp³-hybridized carbons (Fsp3) is 0.400. The van der Waals surface area contributed by atoms with E-state index in [1.165, 1.54) is 5.56 Å². The van der Waals surface area contributed by atoms with E-state index in [0.717, 1.165) is 49.5 Å². The second kappa shape index (κ2) is 8.23. The van der Waals surface area contributed by atoms with Gasteiger partial charge in [-0.15, -0.1) is 0 Å².